The Balaban J connectivity index is 1.74. The van der Waals surface area contributed by atoms with Crippen molar-refractivity contribution in [3.8, 4) is 11.5 Å². The van der Waals surface area contributed by atoms with E-state index >= 15 is 0 Å². The maximum absolute atomic E-state index is 5.36. The van der Waals surface area contributed by atoms with Gasteiger partial charge in [0.05, 0.1) is 0 Å². The molecule has 3 rings (SSSR count). The number of hydrogen-bond acceptors (Lipinski definition) is 6. The van der Waals surface area contributed by atoms with Crippen molar-refractivity contribution in [2.24, 2.45) is 0 Å². The van der Waals surface area contributed by atoms with Gasteiger partial charge in [0.25, 0.3) is 0 Å². The fourth-order valence-corrected chi connectivity index (χ4v) is 2.01. The second kappa shape index (κ2) is 4.95. The lowest BCUT2D eigenvalue weighted by molar-refractivity contribution is 0.174. The topological polar surface area (TPSA) is 69.4 Å². The zero-order valence-electron chi connectivity index (χ0n) is 12.6. The third-order valence-electron chi connectivity index (χ3n) is 3.24. The first-order valence-electron chi connectivity index (χ1n) is 6.94. The molecule has 2 aromatic rings. The van der Waals surface area contributed by atoms with Crippen LogP contribution in [0.1, 0.15) is 45.5 Å². The highest BCUT2D eigenvalue weighted by atomic mass is 16.7. The molecule has 0 amide bonds. The van der Waals surface area contributed by atoms with Crippen LogP contribution in [0.25, 0.3) is 0 Å². The van der Waals surface area contributed by atoms with Crippen LogP contribution in [0.15, 0.2) is 22.7 Å². The molecule has 0 bridgehead atoms. The summed E-state index contributed by atoms with van der Waals surface area (Å²) in [4.78, 5) is 4.45. The number of rotatable bonds is 3. The minimum absolute atomic E-state index is 0.0889. The summed E-state index contributed by atoms with van der Waals surface area (Å²) in [5, 5.41) is 7.36. The lowest BCUT2D eigenvalue weighted by Crippen LogP contribution is -2.14. The summed E-state index contributed by atoms with van der Waals surface area (Å²) in [6.07, 6.45) is 0. The number of hydrogen-bond donors (Lipinski definition) is 1. The molecule has 0 radical (unpaired) electrons. The van der Waals surface area contributed by atoms with Crippen molar-refractivity contribution in [3.05, 3.63) is 29.9 Å². The molecule has 6 heteroatoms. The molecule has 0 spiro atoms. The molecule has 1 unspecified atom stereocenters. The van der Waals surface area contributed by atoms with Gasteiger partial charge in [-0.3, -0.25) is 0 Å². The first kappa shape index (κ1) is 13.7. The summed E-state index contributed by atoms with van der Waals surface area (Å²) >= 11 is 0. The molecule has 6 nitrogen and oxygen atoms in total. The molecular weight excluding hydrogens is 270 g/mol. The maximum Gasteiger partial charge on any atom is 0.248 e. The number of fused-ring (bicyclic) bond motifs is 1. The van der Waals surface area contributed by atoms with Crippen LogP contribution in [0.2, 0.25) is 0 Å². The predicted octanol–water partition coefficient (Wildman–Crippen LogP) is 3.27. The maximum atomic E-state index is 5.36. The fourth-order valence-electron chi connectivity index (χ4n) is 2.01. The Morgan fingerprint density at radius 3 is 2.67 bits per heavy atom. The predicted molar refractivity (Wildman–Crippen MR) is 77.6 cm³/mol. The van der Waals surface area contributed by atoms with Crippen molar-refractivity contribution in [1.82, 2.24) is 10.1 Å². The minimum Gasteiger partial charge on any atom is -0.454 e. The molecule has 112 valence electrons. The SMILES string of the molecule is CC(Nc1ccc2c(c1)OCO2)c1nc(C(C)(C)C)no1. The van der Waals surface area contributed by atoms with E-state index in [-0.39, 0.29) is 18.2 Å². The molecule has 0 saturated carbocycles. The Labute approximate surface area is 123 Å². The molecule has 1 aliphatic heterocycles. The van der Waals surface area contributed by atoms with Gasteiger partial charge in [-0.05, 0) is 19.1 Å². The lowest BCUT2D eigenvalue weighted by atomic mass is 9.96. The number of ether oxygens (including phenoxy) is 2. The molecule has 1 aromatic carbocycles. The van der Waals surface area contributed by atoms with Crippen LogP contribution in [0.4, 0.5) is 5.69 Å². The minimum atomic E-state index is -0.125. The van der Waals surface area contributed by atoms with E-state index in [4.69, 9.17) is 14.0 Å². The van der Waals surface area contributed by atoms with Gasteiger partial charge in [0.2, 0.25) is 12.7 Å². The van der Waals surface area contributed by atoms with Crippen LogP contribution in [0.5, 0.6) is 11.5 Å². The van der Waals surface area contributed by atoms with Gasteiger partial charge in [-0.2, -0.15) is 4.98 Å². The van der Waals surface area contributed by atoms with Crippen LogP contribution < -0.4 is 14.8 Å². The molecule has 0 aliphatic carbocycles. The van der Waals surface area contributed by atoms with E-state index in [1.807, 2.05) is 25.1 Å². The van der Waals surface area contributed by atoms with E-state index < -0.39 is 0 Å². The number of anilines is 1. The number of nitrogens with zero attached hydrogens (tertiary/aromatic N) is 2. The van der Waals surface area contributed by atoms with E-state index in [1.54, 1.807) is 0 Å². The standard InChI is InChI=1S/C15H19N3O3/c1-9(13-17-14(18-21-13)15(2,3)4)16-10-5-6-11-12(7-10)20-8-19-11/h5-7,9,16H,8H2,1-4H3. The Hall–Kier alpha value is -2.24. The van der Waals surface area contributed by atoms with Gasteiger partial charge in [0.15, 0.2) is 17.3 Å². The van der Waals surface area contributed by atoms with Gasteiger partial charge in [-0.1, -0.05) is 25.9 Å². The zero-order chi connectivity index (χ0) is 15.0. The highest BCUT2D eigenvalue weighted by molar-refractivity contribution is 5.56. The van der Waals surface area contributed by atoms with Crippen LogP contribution in [0, 0.1) is 0 Å². The van der Waals surface area contributed by atoms with E-state index in [0.29, 0.717) is 11.7 Å². The first-order valence-corrected chi connectivity index (χ1v) is 6.94. The molecule has 2 heterocycles. The van der Waals surface area contributed by atoms with Crippen LogP contribution in [-0.2, 0) is 5.41 Å². The third-order valence-corrected chi connectivity index (χ3v) is 3.24. The summed E-state index contributed by atoms with van der Waals surface area (Å²) in [6.45, 7) is 8.41. The quantitative estimate of drug-likeness (QED) is 0.935. The smallest absolute Gasteiger partial charge is 0.248 e. The van der Waals surface area contributed by atoms with Crippen molar-refractivity contribution in [3.63, 3.8) is 0 Å². The van der Waals surface area contributed by atoms with E-state index in [0.717, 1.165) is 17.2 Å². The molecule has 1 N–H and O–H groups in total. The third kappa shape index (κ3) is 2.79. The van der Waals surface area contributed by atoms with E-state index in [2.05, 4.69) is 36.2 Å². The Bertz CT molecular complexity index is 646. The van der Waals surface area contributed by atoms with E-state index in [1.165, 1.54) is 0 Å². The molecular formula is C15H19N3O3. The number of aromatic nitrogens is 2. The van der Waals surface area contributed by atoms with Crippen LogP contribution in [-0.4, -0.2) is 16.9 Å². The average Bonchev–Trinajstić information content (AvgIpc) is 3.06. The van der Waals surface area contributed by atoms with Gasteiger partial charge >= 0.3 is 0 Å². The van der Waals surface area contributed by atoms with Gasteiger partial charge in [0.1, 0.15) is 6.04 Å². The average molecular weight is 289 g/mol. The van der Waals surface area contributed by atoms with Gasteiger partial charge in [-0.25, -0.2) is 0 Å². The van der Waals surface area contributed by atoms with Crippen molar-refractivity contribution >= 4 is 5.69 Å². The van der Waals surface area contributed by atoms with E-state index in [9.17, 15) is 0 Å². The van der Waals surface area contributed by atoms with Gasteiger partial charge < -0.3 is 19.3 Å². The van der Waals surface area contributed by atoms with Crippen molar-refractivity contribution in [2.75, 3.05) is 12.1 Å². The summed E-state index contributed by atoms with van der Waals surface area (Å²) in [5.41, 5.74) is 0.794. The Kier molecular flexibility index (Phi) is 3.23. The van der Waals surface area contributed by atoms with Crippen molar-refractivity contribution in [2.45, 2.75) is 39.2 Å². The second-order valence-electron chi connectivity index (χ2n) is 6.14. The largest absolute Gasteiger partial charge is 0.454 e. The van der Waals surface area contributed by atoms with Gasteiger partial charge in [0, 0.05) is 17.2 Å². The van der Waals surface area contributed by atoms with Crippen molar-refractivity contribution in [1.29, 1.82) is 0 Å². The second-order valence-corrected chi connectivity index (χ2v) is 6.14. The summed E-state index contributed by atoms with van der Waals surface area (Å²) in [5.74, 6) is 2.78. The summed E-state index contributed by atoms with van der Waals surface area (Å²) in [7, 11) is 0. The van der Waals surface area contributed by atoms with Crippen LogP contribution >= 0.6 is 0 Å². The highest BCUT2D eigenvalue weighted by Crippen LogP contribution is 2.35. The van der Waals surface area contributed by atoms with Crippen molar-refractivity contribution < 1.29 is 14.0 Å². The van der Waals surface area contributed by atoms with Crippen LogP contribution in [0.3, 0.4) is 0 Å². The molecule has 1 aromatic heterocycles. The summed E-state index contributed by atoms with van der Waals surface area (Å²) in [6, 6.07) is 5.63. The highest BCUT2D eigenvalue weighted by Gasteiger charge is 2.23. The molecule has 1 aliphatic rings. The molecule has 21 heavy (non-hydrogen) atoms. The van der Waals surface area contributed by atoms with Gasteiger partial charge in [-0.15, -0.1) is 0 Å². The first-order chi connectivity index (χ1) is 9.93. The fraction of sp³-hybridized carbons (Fsp3) is 0.467. The zero-order valence-corrected chi connectivity index (χ0v) is 12.6. The molecule has 0 fully saturated rings. The Morgan fingerprint density at radius 2 is 1.95 bits per heavy atom. The normalized spacial score (nSPS) is 15.0. The Morgan fingerprint density at radius 1 is 1.19 bits per heavy atom. The monoisotopic (exact) mass is 289 g/mol. The molecule has 0 saturated heterocycles. The lowest BCUT2D eigenvalue weighted by Gasteiger charge is -2.13. The summed E-state index contributed by atoms with van der Waals surface area (Å²) < 4.78 is 16.0. The number of nitrogens with one attached hydrogen (secondary N) is 1. The molecule has 1 atom stereocenters. The number of benzene rings is 1.